The molecule has 2 saturated carbocycles. The topological polar surface area (TPSA) is 120 Å². The van der Waals surface area contributed by atoms with Gasteiger partial charge in [0.05, 0.1) is 19.4 Å². The van der Waals surface area contributed by atoms with Crippen LogP contribution in [0.1, 0.15) is 69.9 Å². The summed E-state index contributed by atoms with van der Waals surface area (Å²) in [6.07, 6.45) is 11.0. The van der Waals surface area contributed by atoms with Gasteiger partial charge in [0, 0.05) is 23.8 Å². The molecule has 3 aromatic rings. The number of benzene rings is 1. The summed E-state index contributed by atoms with van der Waals surface area (Å²) in [6.45, 7) is 2.20. The van der Waals surface area contributed by atoms with Gasteiger partial charge >= 0.3 is 5.97 Å². The molecule has 9 heteroatoms. The molecule has 1 aromatic carbocycles. The van der Waals surface area contributed by atoms with Crippen LogP contribution in [-0.2, 0) is 16.0 Å². The standard InChI is InChI=1S/C26H35N7O2/c1-2-35-22(34)15-17-7-11-19(12-8-17)29-24-23-25(33(16-28-23)21-5-3-4-6-21)32-26(31-24)30-20-13-9-18(27)10-14-20/h7-8,11-12,16,18,20-21H,2-6,9-10,13-15,27H2,1H3,(H2,29,30,31,32). The van der Waals surface area contributed by atoms with E-state index in [1.54, 1.807) is 0 Å². The molecule has 0 aliphatic heterocycles. The van der Waals surface area contributed by atoms with Crippen molar-refractivity contribution >= 4 is 34.6 Å². The number of nitrogens with one attached hydrogen (secondary N) is 2. The van der Waals surface area contributed by atoms with E-state index in [0.717, 1.165) is 60.9 Å². The first-order valence-electron chi connectivity index (χ1n) is 12.9. The summed E-state index contributed by atoms with van der Waals surface area (Å²) in [6, 6.07) is 8.82. The van der Waals surface area contributed by atoms with E-state index < -0.39 is 0 Å². The Morgan fingerprint density at radius 1 is 1.09 bits per heavy atom. The van der Waals surface area contributed by atoms with Gasteiger partial charge in [-0.1, -0.05) is 25.0 Å². The van der Waals surface area contributed by atoms with Crippen LogP contribution in [-0.4, -0.2) is 44.2 Å². The van der Waals surface area contributed by atoms with Crippen molar-refractivity contribution in [3.05, 3.63) is 36.2 Å². The predicted molar refractivity (Wildman–Crippen MR) is 137 cm³/mol. The van der Waals surface area contributed by atoms with Crippen LogP contribution in [0.5, 0.6) is 0 Å². The number of anilines is 3. The Hall–Kier alpha value is -3.20. The van der Waals surface area contributed by atoms with Gasteiger partial charge < -0.3 is 25.7 Å². The van der Waals surface area contributed by atoms with Gasteiger partial charge in [-0.05, 0) is 63.1 Å². The first-order valence-corrected chi connectivity index (χ1v) is 12.9. The number of carbonyl (C=O) groups is 1. The molecule has 0 saturated heterocycles. The Morgan fingerprint density at radius 3 is 2.54 bits per heavy atom. The van der Waals surface area contributed by atoms with Crippen molar-refractivity contribution in [1.82, 2.24) is 19.5 Å². The van der Waals surface area contributed by atoms with E-state index in [9.17, 15) is 4.79 Å². The van der Waals surface area contributed by atoms with Gasteiger partial charge in [0.25, 0.3) is 0 Å². The second kappa shape index (κ2) is 10.6. The predicted octanol–water partition coefficient (Wildman–Crippen LogP) is 4.47. The van der Waals surface area contributed by atoms with Crippen LogP contribution in [0, 0.1) is 0 Å². The van der Waals surface area contributed by atoms with Crippen LogP contribution in [0.25, 0.3) is 11.2 Å². The summed E-state index contributed by atoms with van der Waals surface area (Å²) >= 11 is 0. The molecule has 0 radical (unpaired) electrons. The molecule has 4 N–H and O–H groups in total. The average Bonchev–Trinajstić information content (AvgIpc) is 3.52. The van der Waals surface area contributed by atoms with Gasteiger partial charge in [0.15, 0.2) is 17.0 Å². The number of fused-ring (bicyclic) bond motifs is 1. The monoisotopic (exact) mass is 477 g/mol. The minimum atomic E-state index is -0.220. The minimum Gasteiger partial charge on any atom is -0.466 e. The summed E-state index contributed by atoms with van der Waals surface area (Å²) in [5, 5.41) is 7.00. The maximum Gasteiger partial charge on any atom is 0.310 e. The lowest BCUT2D eigenvalue weighted by Crippen LogP contribution is -2.33. The molecule has 0 bridgehead atoms. The van der Waals surface area contributed by atoms with Gasteiger partial charge in [-0.2, -0.15) is 9.97 Å². The number of ether oxygens (including phenoxy) is 1. The smallest absolute Gasteiger partial charge is 0.310 e. The van der Waals surface area contributed by atoms with Crippen LogP contribution in [0.2, 0.25) is 0 Å². The summed E-state index contributed by atoms with van der Waals surface area (Å²) in [4.78, 5) is 26.2. The molecule has 0 spiro atoms. The van der Waals surface area contributed by atoms with Crippen molar-refractivity contribution in [2.75, 3.05) is 17.2 Å². The number of nitrogens with zero attached hydrogens (tertiary/aromatic N) is 4. The van der Waals surface area contributed by atoms with Gasteiger partial charge in [0.2, 0.25) is 5.95 Å². The molecule has 186 valence electrons. The maximum absolute atomic E-state index is 11.8. The van der Waals surface area contributed by atoms with E-state index in [0.29, 0.717) is 36.5 Å². The molecule has 5 rings (SSSR count). The normalized spacial score (nSPS) is 20.7. The molecule has 9 nitrogen and oxygen atoms in total. The Morgan fingerprint density at radius 2 is 1.83 bits per heavy atom. The van der Waals surface area contributed by atoms with Gasteiger partial charge in [-0.3, -0.25) is 4.79 Å². The number of rotatable bonds is 8. The molecule has 2 heterocycles. The lowest BCUT2D eigenvalue weighted by atomic mass is 9.92. The fourth-order valence-electron chi connectivity index (χ4n) is 5.19. The second-order valence-corrected chi connectivity index (χ2v) is 9.72. The number of carbonyl (C=O) groups excluding carboxylic acids is 1. The van der Waals surface area contributed by atoms with E-state index in [4.69, 9.17) is 25.4 Å². The van der Waals surface area contributed by atoms with Crippen molar-refractivity contribution in [1.29, 1.82) is 0 Å². The zero-order chi connectivity index (χ0) is 24.2. The van der Waals surface area contributed by atoms with E-state index in [1.807, 2.05) is 37.5 Å². The molecule has 0 atom stereocenters. The van der Waals surface area contributed by atoms with E-state index in [-0.39, 0.29) is 12.4 Å². The van der Waals surface area contributed by atoms with Crippen LogP contribution in [0.3, 0.4) is 0 Å². The van der Waals surface area contributed by atoms with E-state index in [1.165, 1.54) is 12.8 Å². The third-order valence-electron chi connectivity index (χ3n) is 7.12. The SMILES string of the molecule is CCOC(=O)Cc1ccc(Nc2nc(NC3CCC(N)CC3)nc3c2ncn3C2CCCC2)cc1. The summed E-state index contributed by atoms with van der Waals surface area (Å²) in [5.74, 6) is 1.08. The summed E-state index contributed by atoms with van der Waals surface area (Å²) in [7, 11) is 0. The Balaban J connectivity index is 1.41. The van der Waals surface area contributed by atoms with Gasteiger partial charge in [0.1, 0.15) is 0 Å². The van der Waals surface area contributed by atoms with Crippen LogP contribution in [0.15, 0.2) is 30.6 Å². The highest BCUT2D eigenvalue weighted by Crippen LogP contribution is 2.34. The van der Waals surface area contributed by atoms with E-state index >= 15 is 0 Å². The number of esters is 1. The molecule has 2 fully saturated rings. The zero-order valence-corrected chi connectivity index (χ0v) is 20.4. The highest BCUT2D eigenvalue weighted by atomic mass is 16.5. The number of nitrogens with two attached hydrogens (primary N) is 1. The lowest BCUT2D eigenvalue weighted by Gasteiger charge is -2.27. The second-order valence-electron chi connectivity index (χ2n) is 9.72. The highest BCUT2D eigenvalue weighted by Gasteiger charge is 2.24. The zero-order valence-electron chi connectivity index (χ0n) is 20.4. The fourth-order valence-corrected chi connectivity index (χ4v) is 5.19. The molecule has 0 amide bonds. The average molecular weight is 478 g/mol. The van der Waals surface area contributed by atoms with Crippen molar-refractivity contribution in [3.63, 3.8) is 0 Å². The maximum atomic E-state index is 11.8. The first-order chi connectivity index (χ1) is 17.1. The van der Waals surface area contributed by atoms with Crippen LogP contribution >= 0.6 is 0 Å². The summed E-state index contributed by atoms with van der Waals surface area (Å²) in [5.41, 5.74) is 9.51. The molecular weight excluding hydrogens is 442 g/mol. The van der Waals surface area contributed by atoms with Crippen molar-refractivity contribution < 1.29 is 9.53 Å². The van der Waals surface area contributed by atoms with Crippen molar-refractivity contribution in [2.45, 2.75) is 82.8 Å². The first kappa shape index (κ1) is 23.5. The Labute approximate surface area is 205 Å². The van der Waals surface area contributed by atoms with E-state index in [2.05, 4.69) is 15.2 Å². The fraction of sp³-hybridized carbons (Fsp3) is 0.538. The Bertz CT molecular complexity index is 1150. The number of hydrogen-bond donors (Lipinski definition) is 3. The largest absolute Gasteiger partial charge is 0.466 e. The van der Waals surface area contributed by atoms with Crippen molar-refractivity contribution in [2.24, 2.45) is 5.73 Å². The van der Waals surface area contributed by atoms with Crippen LogP contribution < -0.4 is 16.4 Å². The highest BCUT2D eigenvalue weighted by molar-refractivity contribution is 5.86. The number of hydrogen-bond acceptors (Lipinski definition) is 8. The third kappa shape index (κ3) is 5.56. The molecule has 0 unspecified atom stereocenters. The third-order valence-corrected chi connectivity index (χ3v) is 7.12. The van der Waals surface area contributed by atoms with Crippen molar-refractivity contribution in [3.8, 4) is 0 Å². The molecule has 2 aliphatic rings. The van der Waals surface area contributed by atoms with Gasteiger partial charge in [-0.15, -0.1) is 0 Å². The van der Waals surface area contributed by atoms with Gasteiger partial charge in [-0.25, -0.2) is 4.98 Å². The molecule has 35 heavy (non-hydrogen) atoms. The summed E-state index contributed by atoms with van der Waals surface area (Å²) < 4.78 is 7.27. The molecule has 2 aromatic heterocycles. The quantitative estimate of drug-likeness (QED) is 0.407. The Kier molecular flexibility index (Phi) is 7.13. The minimum absolute atomic E-state index is 0.220. The lowest BCUT2D eigenvalue weighted by molar-refractivity contribution is -0.142. The number of imidazole rings is 1. The van der Waals surface area contributed by atoms with Crippen LogP contribution in [0.4, 0.5) is 17.5 Å². The molecular formula is C26H35N7O2. The molecule has 2 aliphatic carbocycles. The number of aromatic nitrogens is 4.